The van der Waals surface area contributed by atoms with Crippen molar-refractivity contribution < 1.29 is 8.78 Å². The van der Waals surface area contributed by atoms with Gasteiger partial charge in [0.2, 0.25) is 0 Å². The molecule has 0 radical (unpaired) electrons. The van der Waals surface area contributed by atoms with Gasteiger partial charge in [-0.1, -0.05) is 6.07 Å². The predicted octanol–water partition coefficient (Wildman–Crippen LogP) is 3.25. The summed E-state index contributed by atoms with van der Waals surface area (Å²) in [7, 11) is 0. The van der Waals surface area contributed by atoms with Crippen LogP contribution in [0.3, 0.4) is 0 Å². The van der Waals surface area contributed by atoms with E-state index in [1.807, 2.05) is 18.5 Å². The van der Waals surface area contributed by atoms with E-state index >= 15 is 0 Å². The highest BCUT2D eigenvalue weighted by molar-refractivity contribution is 9.10. The highest BCUT2D eigenvalue weighted by Gasteiger charge is 2.22. The summed E-state index contributed by atoms with van der Waals surface area (Å²) in [5.74, 6) is 4.44. The van der Waals surface area contributed by atoms with E-state index in [2.05, 4.69) is 26.5 Å². The average molecular weight is 359 g/mol. The minimum atomic E-state index is -0.595. The Bertz CT molecular complexity index is 627. The van der Waals surface area contributed by atoms with Crippen molar-refractivity contribution in [3.63, 3.8) is 0 Å². The zero-order chi connectivity index (χ0) is 15.6. The highest BCUT2D eigenvalue weighted by Crippen LogP contribution is 2.28. The molecule has 1 aromatic heterocycles. The molecule has 0 aliphatic rings. The Hall–Kier alpha value is -1.31. The number of nitrogens with two attached hydrogens (primary N) is 1. The molecule has 1 heterocycles. The molecule has 2 rings (SSSR count). The van der Waals surface area contributed by atoms with Crippen LogP contribution in [0.1, 0.15) is 37.2 Å². The summed E-state index contributed by atoms with van der Waals surface area (Å²) in [5, 5.41) is 4.28. The van der Waals surface area contributed by atoms with E-state index in [-0.39, 0.29) is 12.1 Å². The highest BCUT2D eigenvalue weighted by atomic mass is 79.9. The topological polar surface area (TPSA) is 55.9 Å². The van der Waals surface area contributed by atoms with Crippen LogP contribution in [-0.2, 0) is 6.42 Å². The van der Waals surface area contributed by atoms with Crippen molar-refractivity contribution in [2.75, 3.05) is 0 Å². The van der Waals surface area contributed by atoms with Crippen LogP contribution >= 0.6 is 15.9 Å². The molecule has 3 N–H and O–H groups in total. The van der Waals surface area contributed by atoms with Crippen molar-refractivity contribution in [2.24, 2.45) is 5.84 Å². The first-order valence-corrected chi connectivity index (χ1v) is 7.36. The quantitative estimate of drug-likeness (QED) is 0.637. The summed E-state index contributed by atoms with van der Waals surface area (Å²) in [6.07, 6.45) is 1.97. The molecule has 114 valence electrons. The lowest BCUT2D eigenvalue weighted by Gasteiger charge is -2.20. The lowest BCUT2D eigenvalue weighted by Crippen LogP contribution is -2.32. The Morgan fingerprint density at radius 2 is 2.10 bits per heavy atom. The number of nitrogens with one attached hydrogen (secondary N) is 1. The van der Waals surface area contributed by atoms with Crippen LogP contribution in [0.4, 0.5) is 8.78 Å². The molecule has 0 saturated carbocycles. The zero-order valence-electron chi connectivity index (χ0n) is 11.8. The summed E-state index contributed by atoms with van der Waals surface area (Å²) in [5.41, 5.74) is 3.90. The summed E-state index contributed by atoms with van der Waals surface area (Å²) in [6, 6.07) is 3.33. The molecule has 1 aromatic carbocycles. The molecule has 21 heavy (non-hydrogen) atoms. The van der Waals surface area contributed by atoms with Gasteiger partial charge in [-0.2, -0.15) is 5.10 Å². The van der Waals surface area contributed by atoms with Crippen LogP contribution in [-0.4, -0.2) is 9.78 Å². The average Bonchev–Trinajstić information content (AvgIpc) is 2.80. The number of rotatable bonds is 5. The maximum absolute atomic E-state index is 13.8. The van der Waals surface area contributed by atoms with E-state index in [0.717, 1.165) is 16.2 Å². The fourth-order valence-electron chi connectivity index (χ4n) is 2.23. The van der Waals surface area contributed by atoms with Crippen LogP contribution in [0, 0.1) is 11.6 Å². The minimum Gasteiger partial charge on any atom is -0.271 e. The van der Waals surface area contributed by atoms with Crippen LogP contribution < -0.4 is 11.3 Å². The van der Waals surface area contributed by atoms with Gasteiger partial charge in [-0.3, -0.25) is 16.0 Å². The van der Waals surface area contributed by atoms with Gasteiger partial charge in [-0.25, -0.2) is 8.78 Å². The first-order chi connectivity index (χ1) is 9.93. The van der Waals surface area contributed by atoms with Gasteiger partial charge < -0.3 is 0 Å². The smallest absolute Gasteiger partial charge is 0.129 e. The normalized spacial score (nSPS) is 12.9. The molecule has 0 amide bonds. The predicted molar refractivity (Wildman–Crippen MR) is 80.4 cm³/mol. The SMILES string of the molecule is CC(C)n1ncc(Br)c1C(Cc1ccc(F)cc1F)NN. The van der Waals surface area contributed by atoms with Crippen molar-refractivity contribution in [3.05, 3.63) is 51.8 Å². The first-order valence-electron chi connectivity index (χ1n) is 6.57. The van der Waals surface area contributed by atoms with E-state index in [0.29, 0.717) is 12.0 Å². The van der Waals surface area contributed by atoms with E-state index in [4.69, 9.17) is 5.84 Å². The third-order valence-electron chi connectivity index (χ3n) is 3.25. The van der Waals surface area contributed by atoms with Crippen LogP contribution in [0.15, 0.2) is 28.9 Å². The standard InChI is InChI=1S/C14H17BrF2N4/c1-8(2)21-14(11(15)7-19-21)13(20-18)5-9-3-4-10(16)6-12(9)17/h3-4,6-8,13,20H,5,18H2,1-2H3. The monoisotopic (exact) mass is 358 g/mol. The van der Waals surface area contributed by atoms with Gasteiger partial charge in [0, 0.05) is 12.1 Å². The number of benzene rings is 1. The molecular formula is C14H17BrF2N4. The fraction of sp³-hybridized carbons (Fsp3) is 0.357. The third kappa shape index (κ3) is 3.48. The van der Waals surface area contributed by atoms with Crippen molar-refractivity contribution in [1.29, 1.82) is 0 Å². The number of hydrogen-bond donors (Lipinski definition) is 2. The molecule has 0 bridgehead atoms. The number of hydrogen-bond acceptors (Lipinski definition) is 3. The van der Waals surface area contributed by atoms with Gasteiger partial charge in [0.25, 0.3) is 0 Å². The van der Waals surface area contributed by atoms with Crippen LogP contribution in [0.5, 0.6) is 0 Å². The number of halogens is 3. The molecule has 0 spiro atoms. The Labute approximate surface area is 130 Å². The summed E-state index contributed by atoms with van der Waals surface area (Å²) < 4.78 is 29.4. The lowest BCUT2D eigenvalue weighted by atomic mass is 10.0. The number of hydrazine groups is 1. The molecule has 4 nitrogen and oxygen atoms in total. The minimum absolute atomic E-state index is 0.139. The van der Waals surface area contributed by atoms with Gasteiger partial charge >= 0.3 is 0 Å². The van der Waals surface area contributed by atoms with Crippen LogP contribution in [0.2, 0.25) is 0 Å². The molecule has 1 atom stereocenters. The van der Waals surface area contributed by atoms with E-state index in [9.17, 15) is 8.78 Å². The number of nitrogens with zero attached hydrogens (tertiary/aromatic N) is 2. The first kappa shape index (κ1) is 16.1. The molecular weight excluding hydrogens is 342 g/mol. The summed E-state index contributed by atoms with van der Waals surface area (Å²) in [6.45, 7) is 3.99. The van der Waals surface area contributed by atoms with Crippen molar-refractivity contribution >= 4 is 15.9 Å². The molecule has 0 saturated heterocycles. The van der Waals surface area contributed by atoms with Crippen LogP contribution in [0.25, 0.3) is 0 Å². The molecule has 0 aliphatic carbocycles. The van der Waals surface area contributed by atoms with Gasteiger partial charge in [-0.05, 0) is 47.8 Å². The van der Waals surface area contributed by atoms with Gasteiger partial charge in [0.15, 0.2) is 0 Å². The molecule has 0 fully saturated rings. The lowest BCUT2D eigenvalue weighted by molar-refractivity contribution is 0.441. The Morgan fingerprint density at radius 3 is 2.67 bits per heavy atom. The van der Waals surface area contributed by atoms with Gasteiger partial charge in [0.05, 0.1) is 22.4 Å². The summed E-state index contributed by atoms with van der Waals surface area (Å²) in [4.78, 5) is 0. The second-order valence-corrected chi connectivity index (χ2v) is 5.93. The fourth-order valence-corrected chi connectivity index (χ4v) is 2.78. The van der Waals surface area contributed by atoms with Crippen molar-refractivity contribution in [1.82, 2.24) is 15.2 Å². The van der Waals surface area contributed by atoms with Gasteiger partial charge in [0.1, 0.15) is 11.6 Å². The Morgan fingerprint density at radius 1 is 1.38 bits per heavy atom. The maximum Gasteiger partial charge on any atom is 0.129 e. The van der Waals surface area contributed by atoms with E-state index in [1.165, 1.54) is 12.1 Å². The Kier molecular flexibility index (Phi) is 5.08. The second-order valence-electron chi connectivity index (χ2n) is 5.08. The zero-order valence-corrected chi connectivity index (χ0v) is 13.4. The largest absolute Gasteiger partial charge is 0.271 e. The Balaban J connectivity index is 2.34. The second kappa shape index (κ2) is 6.64. The molecule has 7 heteroatoms. The molecule has 1 unspecified atom stereocenters. The summed E-state index contributed by atoms with van der Waals surface area (Å²) >= 11 is 3.44. The molecule has 0 aliphatic heterocycles. The maximum atomic E-state index is 13.8. The van der Waals surface area contributed by atoms with E-state index < -0.39 is 11.6 Å². The van der Waals surface area contributed by atoms with E-state index in [1.54, 1.807) is 6.20 Å². The van der Waals surface area contributed by atoms with Crippen molar-refractivity contribution in [3.8, 4) is 0 Å². The van der Waals surface area contributed by atoms with Crippen molar-refractivity contribution in [2.45, 2.75) is 32.4 Å². The van der Waals surface area contributed by atoms with Gasteiger partial charge in [-0.15, -0.1) is 0 Å². The molecule has 2 aromatic rings. The third-order valence-corrected chi connectivity index (χ3v) is 3.86. The number of aromatic nitrogens is 2.